The van der Waals surface area contributed by atoms with E-state index >= 15 is 0 Å². The second kappa shape index (κ2) is 9.07. The number of nitrogens with one attached hydrogen (secondary N) is 3. The Morgan fingerprint density at radius 1 is 0.885 bits per heavy atom. The maximum absolute atomic E-state index is 11.8. The van der Waals surface area contributed by atoms with Crippen LogP contribution in [-0.2, 0) is 14.4 Å². The number of anilines is 2. The Bertz CT molecular complexity index is 805. The largest absolute Gasteiger partial charge is 0.497 e. The molecule has 0 aromatic heterocycles. The highest BCUT2D eigenvalue weighted by atomic mass is 35.5. The van der Waals surface area contributed by atoms with Crippen LogP contribution >= 0.6 is 23.2 Å². The number of methoxy groups -OCH3 is 1. The van der Waals surface area contributed by atoms with Crippen molar-refractivity contribution in [1.29, 1.82) is 0 Å². The van der Waals surface area contributed by atoms with Gasteiger partial charge in [-0.1, -0.05) is 23.2 Å². The molecule has 0 saturated carbocycles. The Kier molecular flexibility index (Phi) is 6.82. The zero-order valence-electron chi connectivity index (χ0n) is 13.6. The summed E-state index contributed by atoms with van der Waals surface area (Å²) in [6, 6.07) is 11.0. The van der Waals surface area contributed by atoms with Crippen LogP contribution < -0.4 is 20.7 Å². The van der Waals surface area contributed by atoms with Gasteiger partial charge in [0.25, 0.3) is 0 Å². The van der Waals surface area contributed by atoms with Crippen LogP contribution in [-0.4, -0.2) is 31.4 Å². The first kappa shape index (κ1) is 19.6. The van der Waals surface area contributed by atoms with Crippen molar-refractivity contribution in [1.82, 2.24) is 5.32 Å². The standard InChI is InChI=1S/C17H15Cl2N3O4/c1-26-14-4-2-12(3-5-14)22-17(25)16(24)20-9-15(23)21-13-7-10(18)6-11(19)8-13/h2-8H,9H2,1H3,(H,20,24)(H,21,23)(H,22,25). The van der Waals surface area contributed by atoms with Crippen molar-refractivity contribution in [3.8, 4) is 5.75 Å². The Labute approximate surface area is 159 Å². The maximum atomic E-state index is 11.8. The van der Waals surface area contributed by atoms with Crippen LogP contribution in [0.25, 0.3) is 0 Å². The van der Waals surface area contributed by atoms with E-state index in [0.29, 0.717) is 27.2 Å². The van der Waals surface area contributed by atoms with Crippen LogP contribution in [0.15, 0.2) is 42.5 Å². The maximum Gasteiger partial charge on any atom is 0.313 e. The van der Waals surface area contributed by atoms with Crippen molar-refractivity contribution in [3.63, 3.8) is 0 Å². The molecule has 0 aliphatic heterocycles. The van der Waals surface area contributed by atoms with Gasteiger partial charge in [-0.25, -0.2) is 0 Å². The molecule has 0 saturated heterocycles. The minimum atomic E-state index is -0.944. The van der Waals surface area contributed by atoms with Gasteiger partial charge in [0, 0.05) is 21.4 Å². The minimum Gasteiger partial charge on any atom is -0.497 e. The number of ether oxygens (including phenoxy) is 1. The molecule has 2 rings (SSSR count). The predicted molar refractivity (Wildman–Crippen MR) is 99.7 cm³/mol. The molecule has 0 atom stereocenters. The summed E-state index contributed by atoms with van der Waals surface area (Å²) in [6.07, 6.45) is 0. The third kappa shape index (κ3) is 5.94. The third-order valence-corrected chi connectivity index (χ3v) is 3.55. The van der Waals surface area contributed by atoms with Crippen molar-refractivity contribution < 1.29 is 19.1 Å². The SMILES string of the molecule is COc1ccc(NC(=O)C(=O)NCC(=O)Nc2cc(Cl)cc(Cl)c2)cc1. The van der Waals surface area contributed by atoms with E-state index in [1.54, 1.807) is 24.3 Å². The lowest BCUT2D eigenvalue weighted by Crippen LogP contribution is -2.39. The molecule has 0 aliphatic rings. The fourth-order valence-electron chi connectivity index (χ4n) is 1.93. The fraction of sp³-hybridized carbons (Fsp3) is 0.118. The topological polar surface area (TPSA) is 96.5 Å². The molecule has 0 aliphatic carbocycles. The van der Waals surface area contributed by atoms with Crippen molar-refractivity contribution in [2.24, 2.45) is 0 Å². The second-order valence-electron chi connectivity index (χ2n) is 5.07. The highest BCUT2D eigenvalue weighted by Crippen LogP contribution is 2.22. The third-order valence-electron chi connectivity index (χ3n) is 3.11. The van der Waals surface area contributed by atoms with E-state index in [0.717, 1.165) is 0 Å². The molecule has 3 amide bonds. The molecule has 9 heteroatoms. The number of carbonyl (C=O) groups is 3. The molecule has 26 heavy (non-hydrogen) atoms. The Morgan fingerprint density at radius 2 is 1.50 bits per heavy atom. The van der Waals surface area contributed by atoms with Gasteiger partial charge in [-0.15, -0.1) is 0 Å². The highest BCUT2D eigenvalue weighted by molar-refractivity contribution is 6.40. The summed E-state index contributed by atoms with van der Waals surface area (Å²) in [5.74, 6) is -1.76. The van der Waals surface area contributed by atoms with Gasteiger partial charge in [-0.3, -0.25) is 14.4 Å². The molecule has 2 aromatic rings. The molecule has 136 valence electrons. The lowest BCUT2D eigenvalue weighted by Gasteiger charge is -2.08. The van der Waals surface area contributed by atoms with E-state index in [9.17, 15) is 14.4 Å². The van der Waals surface area contributed by atoms with Gasteiger partial charge in [0.15, 0.2) is 0 Å². The van der Waals surface area contributed by atoms with Gasteiger partial charge in [0.1, 0.15) is 5.75 Å². The number of rotatable bonds is 5. The molecule has 3 N–H and O–H groups in total. The van der Waals surface area contributed by atoms with Crippen LogP contribution in [0.4, 0.5) is 11.4 Å². The van der Waals surface area contributed by atoms with E-state index in [-0.39, 0.29) is 6.54 Å². The first-order valence-corrected chi connectivity index (χ1v) is 8.12. The molecule has 0 heterocycles. The molecule has 0 fully saturated rings. The summed E-state index contributed by atoms with van der Waals surface area (Å²) in [7, 11) is 1.52. The normalized spacial score (nSPS) is 9.96. The Balaban J connectivity index is 1.82. The number of hydrogen-bond acceptors (Lipinski definition) is 4. The summed E-state index contributed by atoms with van der Waals surface area (Å²) in [5.41, 5.74) is 0.799. The number of amides is 3. The molecular weight excluding hydrogens is 381 g/mol. The quantitative estimate of drug-likeness (QED) is 0.678. The average molecular weight is 396 g/mol. The number of halogens is 2. The van der Waals surface area contributed by atoms with Crippen LogP contribution in [0, 0.1) is 0 Å². The number of hydrogen-bond donors (Lipinski definition) is 3. The first-order chi connectivity index (χ1) is 12.4. The van der Waals surface area contributed by atoms with Crippen molar-refractivity contribution in [3.05, 3.63) is 52.5 Å². The van der Waals surface area contributed by atoms with Crippen LogP contribution in [0.2, 0.25) is 10.0 Å². The number of benzene rings is 2. The molecule has 0 bridgehead atoms. The van der Waals surface area contributed by atoms with E-state index in [4.69, 9.17) is 27.9 Å². The molecule has 7 nitrogen and oxygen atoms in total. The lowest BCUT2D eigenvalue weighted by molar-refractivity contribution is -0.136. The first-order valence-electron chi connectivity index (χ1n) is 7.36. The predicted octanol–water partition coefficient (Wildman–Crippen LogP) is 2.70. The van der Waals surface area contributed by atoms with E-state index in [1.165, 1.54) is 25.3 Å². The lowest BCUT2D eigenvalue weighted by atomic mass is 10.3. The fourth-order valence-corrected chi connectivity index (χ4v) is 2.46. The molecule has 0 radical (unpaired) electrons. The molecule has 0 spiro atoms. The Morgan fingerprint density at radius 3 is 2.08 bits per heavy atom. The smallest absolute Gasteiger partial charge is 0.313 e. The van der Waals surface area contributed by atoms with Gasteiger partial charge in [-0.05, 0) is 42.5 Å². The van der Waals surface area contributed by atoms with Gasteiger partial charge >= 0.3 is 11.8 Å². The molecular formula is C17H15Cl2N3O4. The van der Waals surface area contributed by atoms with Crippen molar-refractivity contribution >= 4 is 52.3 Å². The van der Waals surface area contributed by atoms with Gasteiger partial charge < -0.3 is 20.7 Å². The van der Waals surface area contributed by atoms with Crippen LogP contribution in [0.5, 0.6) is 5.75 Å². The second-order valence-corrected chi connectivity index (χ2v) is 5.94. The summed E-state index contributed by atoms with van der Waals surface area (Å²) in [6.45, 7) is -0.390. The van der Waals surface area contributed by atoms with Crippen molar-refractivity contribution in [2.45, 2.75) is 0 Å². The van der Waals surface area contributed by atoms with Crippen molar-refractivity contribution in [2.75, 3.05) is 24.3 Å². The van der Waals surface area contributed by atoms with Crippen LogP contribution in [0.1, 0.15) is 0 Å². The highest BCUT2D eigenvalue weighted by Gasteiger charge is 2.15. The summed E-state index contributed by atoms with van der Waals surface area (Å²) in [4.78, 5) is 35.4. The minimum absolute atomic E-state index is 0.357. The van der Waals surface area contributed by atoms with E-state index < -0.39 is 17.7 Å². The molecule has 0 unspecified atom stereocenters. The summed E-state index contributed by atoms with van der Waals surface area (Å²) >= 11 is 11.7. The number of carbonyl (C=O) groups excluding carboxylic acids is 3. The van der Waals surface area contributed by atoms with Gasteiger partial charge in [-0.2, -0.15) is 0 Å². The van der Waals surface area contributed by atoms with Gasteiger partial charge in [0.05, 0.1) is 13.7 Å². The van der Waals surface area contributed by atoms with Crippen LogP contribution in [0.3, 0.4) is 0 Å². The summed E-state index contributed by atoms with van der Waals surface area (Å²) < 4.78 is 5.00. The molecule has 2 aromatic carbocycles. The van der Waals surface area contributed by atoms with Gasteiger partial charge in [0.2, 0.25) is 5.91 Å². The average Bonchev–Trinajstić information content (AvgIpc) is 2.59. The zero-order chi connectivity index (χ0) is 19.1. The van der Waals surface area contributed by atoms with E-state index in [2.05, 4.69) is 16.0 Å². The van der Waals surface area contributed by atoms with E-state index in [1.807, 2.05) is 0 Å². The summed E-state index contributed by atoms with van der Waals surface area (Å²) in [5, 5.41) is 7.86. The monoisotopic (exact) mass is 395 g/mol. The zero-order valence-corrected chi connectivity index (χ0v) is 15.1. The Hall–Kier alpha value is -2.77.